The molecule has 0 unspecified atom stereocenters. The summed E-state index contributed by atoms with van der Waals surface area (Å²) in [6.07, 6.45) is 0. The monoisotopic (exact) mass is 163 g/mol. The van der Waals surface area contributed by atoms with Gasteiger partial charge < -0.3 is 15.2 Å². The number of aliphatic hydroxyl groups excluding tert-OH is 1. The van der Waals surface area contributed by atoms with Crippen molar-refractivity contribution in [3.05, 3.63) is 0 Å². The van der Waals surface area contributed by atoms with Crippen LogP contribution in [0.25, 0.3) is 0 Å². The van der Waals surface area contributed by atoms with Crippen LogP contribution in [0.3, 0.4) is 0 Å². The zero-order chi connectivity index (χ0) is 7.82. The SMILES string of the molecule is C.CC(=O)NCCOCCO. The first-order valence-corrected chi connectivity index (χ1v) is 3.20. The molecule has 2 N–H and O–H groups in total. The van der Waals surface area contributed by atoms with Gasteiger partial charge in [0.25, 0.3) is 0 Å². The van der Waals surface area contributed by atoms with Crippen molar-refractivity contribution in [1.29, 1.82) is 0 Å². The lowest BCUT2D eigenvalue weighted by Gasteiger charge is -2.01. The van der Waals surface area contributed by atoms with Crippen molar-refractivity contribution in [3.63, 3.8) is 0 Å². The lowest BCUT2D eigenvalue weighted by Crippen LogP contribution is -2.24. The Labute approximate surface area is 67.6 Å². The second-order valence-corrected chi connectivity index (χ2v) is 1.82. The minimum atomic E-state index is -0.0624. The van der Waals surface area contributed by atoms with E-state index in [2.05, 4.69) is 5.32 Å². The number of nitrogens with one attached hydrogen (secondary N) is 1. The molecule has 0 spiro atoms. The number of hydrogen-bond acceptors (Lipinski definition) is 3. The normalized spacial score (nSPS) is 8.55. The molecule has 0 aliphatic rings. The number of ether oxygens (including phenoxy) is 1. The van der Waals surface area contributed by atoms with Crippen LogP contribution in [0.5, 0.6) is 0 Å². The Morgan fingerprint density at radius 3 is 2.64 bits per heavy atom. The third-order valence-corrected chi connectivity index (χ3v) is 0.856. The van der Waals surface area contributed by atoms with Crippen molar-refractivity contribution in [2.75, 3.05) is 26.4 Å². The van der Waals surface area contributed by atoms with Gasteiger partial charge in [0, 0.05) is 13.5 Å². The van der Waals surface area contributed by atoms with E-state index in [-0.39, 0.29) is 19.9 Å². The highest BCUT2D eigenvalue weighted by Gasteiger charge is 1.88. The summed E-state index contributed by atoms with van der Waals surface area (Å²) >= 11 is 0. The first kappa shape index (κ1) is 13.0. The van der Waals surface area contributed by atoms with Gasteiger partial charge >= 0.3 is 0 Å². The molecule has 0 aromatic rings. The summed E-state index contributed by atoms with van der Waals surface area (Å²) in [7, 11) is 0. The molecule has 0 radical (unpaired) electrons. The molecule has 68 valence electrons. The fraction of sp³-hybridized carbons (Fsp3) is 0.857. The number of rotatable bonds is 5. The van der Waals surface area contributed by atoms with Crippen LogP contribution in [0.4, 0.5) is 0 Å². The number of aliphatic hydroxyl groups is 1. The number of carbonyl (C=O) groups is 1. The van der Waals surface area contributed by atoms with Gasteiger partial charge in [-0.15, -0.1) is 0 Å². The van der Waals surface area contributed by atoms with Gasteiger partial charge in [0.2, 0.25) is 5.91 Å². The molecule has 0 rings (SSSR count). The highest BCUT2D eigenvalue weighted by atomic mass is 16.5. The Kier molecular flexibility index (Phi) is 11.1. The van der Waals surface area contributed by atoms with Crippen molar-refractivity contribution >= 4 is 5.91 Å². The Morgan fingerprint density at radius 1 is 1.55 bits per heavy atom. The van der Waals surface area contributed by atoms with Crippen LogP contribution >= 0.6 is 0 Å². The van der Waals surface area contributed by atoms with E-state index in [9.17, 15) is 4.79 Å². The lowest BCUT2D eigenvalue weighted by atomic mass is 10.6. The molecule has 0 aliphatic heterocycles. The second kappa shape index (κ2) is 9.39. The van der Waals surface area contributed by atoms with Gasteiger partial charge in [-0.3, -0.25) is 4.79 Å². The van der Waals surface area contributed by atoms with Gasteiger partial charge in [0.05, 0.1) is 19.8 Å². The number of hydrogen-bond donors (Lipinski definition) is 2. The molecular weight excluding hydrogens is 146 g/mol. The Morgan fingerprint density at radius 2 is 2.18 bits per heavy atom. The van der Waals surface area contributed by atoms with Crippen LogP contribution in [0.15, 0.2) is 0 Å². The Bertz CT molecular complexity index is 95.7. The maximum Gasteiger partial charge on any atom is 0.216 e. The van der Waals surface area contributed by atoms with Gasteiger partial charge in [-0.2, -0.15) is 0 Å². The predicted octanol–water partition coefficient (Wildman–Crippen LogP) is -0.233. The van der Waals surface area contributed by atoms with E-state index in [1.165, 1.54) is 6.92 Å². The molecule has 0 bridgehead atoms. The summed E-state index contributed by atoms with van der Waals surface area (Å²) in [5.41, 5.74) is 0. The zero-order valence-electron chi connectivity index (χ0n) is 6.09. The molecule has 0 aliphatic carbocycles. The fourth-order valence-electron chi connectivity index (χ4n) is 0.466. The molecule has 0 fully saturated rings. The molecule has 0 saturated heterocycles. The largest absolute Gasteiger partial charge is 0.394 e. The fourth-order valence-corrected chi connectivity index (χ4v) is 0.466. The van der Waals surface area contributed by atoms with Crippen molar-refractivity contribution in [2.45, 2.75) is 14.4 Å². The van der Waals surface area contributed by atoms with Crippen LogP contribution in [0.2, 0.25) is 0 Å². The second-order valence-electron chi connectivity index (χ2n) is 1.82. The molecule has 0 aromatic heterocycles. The molecule has 0 heterocycles. The molecule has 1 amide bonds. The van der Waals surface area contributed by atoms with Crippen molar-refractivity contribution < 1.29 is 14.6 Å². The third-order valence-electron chi connectivity index (χ3n) is 0.856. The smallest absolute Gasteiger partial charge is 0.216 e. The highest BCUT2D eigenvalue weighted by Crippen LogP contribution is 1.70. The van der Waals surface area contributed by atoms with Gasteiger partial charge in [0.15, 0.2) is 0 Å². The first-order valence-electron chi connectivity index (χ1n) is 3.20. The third kappa shape index (κ3) is 12.6. The van der Waals surface area contributed by atoms with E-state index < -0.39 is 0 Å². The van der Waals surface area contributed by atoms with E-state index in [4.69, 9.17) is 9.84 Å². The van der Waals surface area contributed by atoms with Gasteiger partial charge in [0.1, 0.15) is 0 Å². The summed E-state index contributed by atoms with van der Waals surface area (Å²) in [6.45, 7) is 2.78. The van der Waals surface area contributed by atoms with Crippen molar-refractivity contribution in [2.24, 2.45) is 0 Å². The molecule has 0 atom stereocenters. The molecular formula is C7H17NO3. The number of carbonyl (C=O) groups excluding carboxylic acids is 1. The van der Waals surface area contributed by atoms with Crippen molar-refractivity contribution in [1.82, 2.24) is 5.32 Å². The first-order chi connectivity index (χ1) is 4.77. The van der Waals surface area contributed by atoms with Crippen LogP contribution in [0, 0.1) is 0 Å². The Hall–Kier alpha value is -0.610. The Balaban J connectivity index is 0. The van der Waals surface area contributed by atoms with E-state index in [1.54, 1.807) is 0 Å². The molecule has 4 nitrogen and oxygen atoms in total. The van der Waals surface area contributed by atoms with Crippen LogP contribution in [-0.4, -0.2) is 37.4 Å². The standard InChI is InChI=1S/C6H13NO3.CH4/c1-6(9)7-2-4-10-5-3-8;/h8H,2-5H2,1H3,(H,7,9);1H4. The highest BCUT2D eigenvalue weighted by molar-refractivity contribution is 5.72. The summed E-state index contributed by atoms with van der Waals surface area (Å²) < 4.78 is 4.87. The van der Waals surface area contributed by atoms with E-state index in [0.29, 0.717) is 19.8 Å². The number of amides is 1. The van der Waals surface area contributed by atoms with Gasteiger partial charge in [-0.1, -0.05) is 7.43 Å². The summed E-state index contributed by atoms with van der Waals surface area (Å²) in [5, 5.41) is 10.8. The summed E-state index contributed by atoms with van der Waals surface area (Å²) in [4.78, 5) is 10.3. The average molecular weight is 163 g/mol. The van der Waals surface area contributed by atoms with Gasteiger partial charge in [-0.05, 0) is 0 Å². The van der Waals surface area contributed by atoms with Crippen LogP contribution < -0.4 is 5.32 Å². The minimum Gasteiger partial charge on any atom is -0.394 e. The topological polar surface area (TPSA) is 58.6 Å². The molecule has 0 aromatic carbocycles. The molecule has 11 heavy (non-hydrogen) atoms. The van der Waals surface area contributed by atoms with Crippen LogP contribution in [0.1, 0.15) is 14.4 Å². The maximum atomic E-state index is 10.3. The summed E-state index contributed by atoms with van der Waals surface area (Å²) in [6, 6.07) is 0. The van der Waals surface area contributed by atoms with Gasteiger partial charge in [-0.25, -0.2) is 0 Å². The van der Waals surface area contributed by atoms with E-state index in [0.717, 1.165) is 0 Å². The average Bonchev–Trinajstić information content (AvgIpc) is 1.87. The molecule has 0 saturated carbocycles. The lowest BCUT2D eigenvalue weighted by molar-refractivity contribution is -0.119. The predicted molar refractivity (Wildman–Crippen MR) is 43.3 cm³/mol. The quantitative estimate of drug-likeness (QED) is 0.550. The minimum absolute atomic E-state index is 0. The van der Waals surface area contributed by atoms with Crippen molar-refractivity contribution in [3.8, 4) is 0 Å². The van der Waals surface area contributed by atoms with E-state index >= 15 is 0 Å². The van der Waals surface area contributed by atoms with Crippen LogP contribution in [-0.2, 0) is 9.53 Å². The molecule has 4 heteroatoms. The maximum absolute atomic E-state index is 10.3. The van der Waals surface area contributed by atoms with E-state index in [1.807, 2.05) is 0 Å². The summed E-state index contributed by atoms with van der Waals surface area (Å²) in [5.74, 6) is -0.0624. The zero-order valence-corrected chi connectivity index (χ0v) is 6.09.